The van der Waals surface area contributed by atoms with Gasteiger partial charge < -0.3 is 26.2 Å². The molecule has 180 valence electrons. The van der Waals surface area contributed by atoms with E-state index < -0.39 is 29.8 Å². The van der Waals surface area contributed by atoms with Gasteiger partial charge in [0.1, 0.15) is 6.04 Å². The maximum Gasteiger partial charge on any atom is 0.326 e. The Labute approximate surface area is 200 Å². The third-order valence-electron chi connectivity index (χ3n) is 5.30. The maximum atomic E-state index is 12.5. The molecule has 5 N–H and O–H groups in total. The Morgan fingerprint density at radius 1 is 1.20 bits per heavy atom. The van der Waals surface area contributed by atoms with Crippen molar-refractivity contribution in [3.63, 3.8) is 0 Å². The number of nitrogens with zero attached hydrogens (tertiary/aromatic N) is 3. The zero-order chi connectivity index (χ0) is 25.5. The van der Waals surface area contributed by atoms with Crippen molar-refractivity contribution in [2.24, 2.45) is 21.6 Å². The average molecular weight is 477 g/mol. The number of guanidine groups is 1. The summed E-state index contributed by atoms with van der Waals surface area (Å²) in [5, 5.41) is 20.3. The lowest BCUT2D eigenvalue weighted by Crippen LogP contribution is -2.41. The maximum absolute atomic E-state index is 12.5. The molecule has 1 aromatic rings. The van der Waals surface area contributed by atoms with Gasteiger partial charge in [-0.2, -0.15) is 4.99 Å². The number of carboxylic acids is 2. The van der Waals surface area contributed by atoms with Crippen molar-refractivity contribution in [2.75, 3.05) is 18.0 Å². The number of rotatable bonds is 10. The lowest BCUT2D eigenvalue weighted by atomic mass is 9.94. The molecule has 1 aromatic carbocycles. The van der Waals surface area contributed by atoms with Crippen LogP contribution in [-0.2, 0) is 14.4 Å². The minimum Gasteiger partial charge on any atom is -0.481 e. The highest BCUT2D eigenvalue weighted by Gasteiger charge is 2.25. The Hall–Kier alpha value is -4.72. The van der Waals surface area contributed by atoms with Crippen LogP contribution in [0.2, 0.25) is 0 Å². The van der Waals surface area contributed by atoms with Gasteiger partial charge in [-0.1, -0.05) is 18.1 Å². The molecule has 0 fully saturated rings. The Morgan fingerprint density at radius 3 is 2.54 bits per heavy atom. The average Bonchev–Trinajstić information content (AvgIpc) is 2.81. The molecule has 11 nitrogen and oxygen atoms in total. The summed E-state index contributed by atoms with van der Waals surface area (Å²) in [4.78, 5) is 56.3. The van der Waals surface area contributed by atoms with Gasteiger partial charge in [0.2, 0.25) is 5.96 Å². The first-order chi connectivity index (χ1) is 16.7. The van der Waals surface area contributed by atoms with Gasteiger partial charge in [-0.15, -0.1) is 6.42 Å². The normalized spacial score (nSPS) is 17.2. The standard InChI is InChI=1S/C24H23N5O6/c1-2-11-29(13-14-3-8-18-17(12-14)22(33)28-24(25)27-18)16-6-4-15(5-7-16)21(32)26-19(23(34)35)9-10-20(30)31/h1,3-8,12,14,19H,9-11,13H2,(H,26,32)(H,30,31)(H,34,35)(H2,25,28,33)/t14?,19-/m0/s1. The van der Waals surface area contributed by atoms with Crippen LogP contribution in [0.15, 0.2) is 58.1 Å². The molecule has 0 aromatic heterocycles. The largest absolute Gasteiger partial charge is 0.481 e. The van der Waals surface area contributed by atoms with Crippen molar-refractivity contribution in [3.05, 3.63) is 53.6 Å². The van der Waals surface area contributed by atoms with Gasteiger partial charge in [-0.25, -0.2) is 9.79 Å². The number of carbonyl (C=O) groups is 4. The van der Waals surface area contributed by atoms with E-state index in [1.807, 2.05) is 11.0 Å². The molecule has 35 heavy (non-hydrogen) atoms. The molecule has 0 saturated carbocycles. The van der Waals surface area contributed by atoms with Crippen molar-refractivity contribution < 1.29 is 29.4 Å². The zero-order valence-electron chi connectivity index (χ0n) is 18.5. The summed E-state index contributed by atoms with van der Waals surface area (Å²) in [6.07, 6.45) is 10.3. The van der Waals surface area contributed by atoms with E-state index in [1.54, 1.807) is 24.3 Å². The van der Waals surface area contributed by atoms with Crippen molar-refractivity contribution in [2.45, 2.75) is 18.9 Å². The summed E-state index contributed by atoms with van der Waals surface area (Å²) in [5.41, 5.74) is 7.28. The van der Waals surface area contributed by atoms with Crippen LogP contribution in [0.4, 0.5) is 5.69 Å². The molecule has 11 heteroatoms. The molecular formula is C24H23N5O6. The first-order valence-electron chi connectivity index (χ1n) is 10.6. The molecule has 0 saturated heterocycles. The van der Waals surface area contributed by atoms with Gasteiger partial charge >= 0.3 is 11.9 Å². The van der Waals surface area contributed by atoms with Crippen LogP contribution < -0.4 is 16.0 Å². The van der Waals surface area contributed by atoms with Crippen LogP contribution >= 0.6 is 0 Å². The summed E-state index contributed by atoms with van der Waals surface area (Å²) in [5.74, 6) is -1.22. The molecule has 1 heterocycles. The van der Waals surface area contributed by atoms with Gasteiger partial charge in [0.15, 0.2) is 0 Å². The van der Waals surface area contributed by atoms with Crippen LogP contribution in [0, 0.1) is 18.3 Å². The van der Waals surface area contributed by atoms with E-state index in [-0.39, 0.29) is 36.8 Å². The molecule has 0 radical (unpaired) electrons. The molecule has 0 bridgehead atoms. The number of hydrogen-bond acceptors (Lipinski definition) is 7. The number of nitrogens with one attached hydrogen (secondary N) is 1. The van der Waals surface area contributed by atoms with Gasteiger partial charge in [0.25, 0.3) is 11.8 Å². The van der Waals surface area contributed by atoms with E-state index in [9.17, 15) is 24.3 Å². The van der Waals surface area contributed by atoms with E-state index >= 15 is 0 Å². The molecule has 1 unspecified atom stereocenters. The van der Waals surface area contributed by atoms with E-state index in [0.717, 1.165) is 0 Å². The van der Waals surface area contributed by atoms with Crippen LogP contribution in [0.25, 0.3) is 0 Å². The number of carboxylic acid groups (broad SMARTS) is 2. The first-order valence-corrected chi connectivity index (χ1v) is 10.6. The number of anilines is 1. The monoisotopic (exact) mass is 477 g/mol. The van der Waals surface area contributed by atoms with Crippen LogP contribution in [0.1, 0.15) is 23.2 Å². The summed E-state index contributed by atoms with van der Waals surface area (Å²) >= 11 is 0. The second kappa shape index (κ2) is 10.9. The number of amides is 2. The first kappa shape index (κ1) is 24.9. The number of fused-ring (bicyclic) bond motifs is 1. The minimum absolute atomic E-state index is 0.0834. The number of benzene rings is 1. The zero-order valence-corrected chi connectivity index (χ0v) is 18.5. The molecule has 0 spiro atoms. The Morgan fingerprint density at radius 2 is 1.91 bits per heavy atom. The van der Waals surface area contributed by atoms with Crippen LogP contribution in [-0.4, -0.2) is 64.8 Å². The SMILES string of the molecule is C#CCN(CC1C=CC2=NC(N)=NC(=O)C2=C1)c1ccc(C(=O)N[C@@H](CCC(=O)O)C(=O)O)cc1. The van der Waals surface area contributed by atoms with E-state index in [4.69, 9.17) is 17.3 Å². The molecule has 2 amide bonds. The summed E-state index contributed by atoms with van der Waals surface area (Å²) in [6, 6.07) is 5.06. The molecule has 1 aliphatic heterocycles. The summed E-state index contributed by atoms with van der Waals surface area (Å²) in [6.45, 7) is 0.696. The highest BCUT2D eigenvalue weighted by molar-refractivity contribution is 6.32. The number of nitrogens with two attached hydrogens (primary N) is 1. The lowest BCUT2D eigenvalue weighted by Gasteiger charge is -2.27. The number of hydrogen-bond donors (Lipinski definition) is 4. The highest BCUT2D eigenvalue weighted by atomic mass is 16.4. The van der Waals surface area contributed by atoms with Gasteiger partial charge in [-0.3, -0.25) is 14.4 Å². The number of aliphatic imine (C=N–C) groups is 2. The van der Waals surface area contributed by atoms with Gasteiger partial charge in [0, 0.05) is 30.1 Å². The lowest BCUT2D eigenvalue weighted by molar-refractivity contribution is -0.140. The second-order valence-electron chi connectivity index (χ2n) is 7.80. The number of allylic oxidation sites excluding steroid dienone is 1. The Balaban J connectivity index is 1.70. The number of aliphatic carboxylic acids is 2. The number of carbonyl (C=O) groups excluding carboxylic acids is 2. The van der Waals surface area contributed by atoms with Crippen molar-refractivity contribution in [3.8, 4) is 12.3 Å². The van der Waals surface area contributed by atoms with Crippen molar-refractivity contribution >= 4 is 41.1 Å². The quantitative estimate of drug-likeness (QED) is 0.354. The van der Waals surface area contributed by atoms with Crippen LogP contribution in [0.3, 0.4) is 0 Å². The fraction of sp³-hybridized carbons (Fsp3) is 0.250. The third-order valence-corrected chi connectivity index (χ3v) is 5.30. The van der Waals surface area contributed by atoms with Gasteiger partial charge in [0.05, 0.1) is 17.8 Å². The molecular weight excluding hydrogens is 454 g/mol. The minimum atomic E-state index is -1.32. The molecule has 2 aliphatic rings. The third kappa shape index (κ3) is 6.42. The van der Waals surface area contributed by atoms with Crippen LogP contribution in [0.5, 0.6) is 0 Å². The van der Waals surface area contributed by atoms with Gasteiger partial charge in [-0.05, 0) is 36.8 Å². The van der Waals surface area contributed by atoms with Crippen molar-refractivity contribution in [1.82, 2.24) is 5.32 Å². The summed E-state index contributed by atoms with van der Waals surface area (Å²) in [7, 11) is 0. The predicted octanol–water partition coefficient (Wildman–Crippen LogP) is 0.582. The highest BCUT2D eigenvalue weighted by Crippen LogP contribution is 2.23. The van der Waals surface area contributed by atoms with E-state index in [1.165, 1.54) is 12.1 Å². The van der Waals surface area contributed by atoms with E-state index in [0.29, 0.717) is 23.5 Å². The van der Waals surface area contributed by atoms with E-state index in [2.05, 4.69) is 21.2 Å². The summed E-state index contributed by atoms with van der Waals surface area (Å²) < 4.78 is 0. The van der Waals surface area contributed by atoms with Crippen molar-refractivity contribution in [1.29, 1.82) is 0 Å². The fourth-order valence-corrected chi connectivity index (χ4v) is 3.58. The smallest absolute Gasteiger partial charge is 0.326 e. The molecule has 3 rings (SSSR count). The fourth-order valence-electron chi connectivity index (χ4n) is 3.58. The second-order valence-corrected chi connectivity index (χ2v) is 7.80. The molecule has 2 atom stereocenters. The Bertz CT molecular complexity index is 1210. The Kier molecular flexibility index (Phi) is 7.78. The topological polar surface area (TPSA) is 175 Å². The number of terminal acetylenes is 1. The predicted molar refractivity (Wildman–Crippen MR) is 128 cm³/mol. The molecule has 1 aliphatic carbocycles.